The third-order valence-corrected chi connectivity index (χ3v) is 6.76. The standard InChI is InChI=1S/C12H15Cl3O5Si/c13-18-21(19-14,20-15)9-10-4-6-11(7-5-10)17-12-3-1-2-8-16-12/h4-7,12H,1-3,8-9H2. The molecule has 21 heavy (non-hydrogen) atoms. The van der Waals surface area contributed by atoms with Gasteiger partial charge in [-0.1, -0.05) is 12.1 Å². The fourth-order valence-electron chi connectivity index (χ4n) is 2.01. The second-order valence-electron chi connectivity index (χ2n) is 4.65. The maximum absolute atomic E-state index is 5.74. The predicted octanol–water partition coefficient (Wildman–Crippen LogP) is 4.12. The minimum Gasteiger partial charge on any atom is -0.465 e. The van der Waals surface area contributed by atoms with Gasteiger partial charge in [-0.15, -0.1) is 0 Å². The van der Waals surface area contributed by atoms with Gasteiger partial charge in [0, 0.05) is 12.5 Å². The van der Waals surface area contributed by atoms with Gasteiger partial charge >= 0.3 is 8.80 Å². The van der Waals surface area contributed by atoms with Crippen molar-refractivity contribution in [3.63, 3.8) is 0 Å². The van der Waals surface area contributed by atoms with Gasteiger partial charge < -0.3 is 9.47 Å². The molecule has 1 atom stereocenters. The van der Waals surface area contributed by atoms with E-state index in [1.54, 1.807) is 0 Å². The predicted molar refractivity (Wildman–Crippen MR) is 80.9 cm³/mol. The summed E-state index contributed by atoms with van der Waals surface area (Å²) in [5.74, 6) is 0.725. The van der Waals surface area contributed by atoms with Gasteiger partial charge in [0.15, 0.2) is 6.29 Å². The van der Waals surface area contributed by atoms with Crippen LogP contribution in [0, 0.1) is 0 Å². The van der Waals surface area contributed by atoms with E-state index >= 15 is 0 Å². The zero-order valence-corrected chi connectivity index (χ0v) is 14.4. The molecule has 1 aromatic rings. The van der Waals surface area contributed by atoms with Crippen LogP contribution < -0.4 is 4.74 Å². The van der Waals surface area contributed by atoms with E-state index in [0.717, 1.165) is 37.2 Å². The number of rotatable bonds is 7. The average Bonchev–Trinajstić information content (AvgIpc) is 2.55. The highest BCUT2D eigenvalue weighted by molar-refractivity contribution is 6.70. The number of halogens is 3. The summed E-state index contributed by atoms with van der Waals surface area (Å²) in [6.07, 6.45) is 2.92. The second-order valence-corrected chi connectivity index (χ2v) is 8.22. The summed E-state index contributed by atoms with van der Waals surface area (Å²) in [6.45, 7) is 0.740. The molecule has 9 heteroatoms. The topological polar surface area (TPSA) is 46.2 Å². The van der Waals surface area contributed by atoms with Gasteiger partial charge in [-0.25, -0.2) is 0 Å². The van der Waals surface area contributed by atoms with E-state index in [4.69, 9.17) is 45.1 Å². The highest BCUT2D eigenvalue weighted by Crippen LogP contribution is 2.24. The maximum atomic E-state index is 5.74. The van der Waals surface area contributed by atoms with Crippen molar-refractivity contribution in [2.45, 2.75) is 31.6 Å². The first kappa shape index (κ1) is 17.3. The maximum Gasteiger partial charge on any atom is 0.555 e. The van der Waals surface area contributed by atoms with Crippen LogP contribution >= 0.6 is 35.6 Å². The van der Waals surface area contributed by atoms with Gasteiger partial charge in [-0.3, -0.25) is 11.9 Å². The smallest absolute Gasteiger partial charge is 0.465 e. The van der Waals surface area contributed by atoms with E-state index in [1.807, 2.05) is 24.3 Å². The third-order valence-electron chi connectivity index (χ3n) is 3.10. The molecule has 1 unspecified atom stereocenters. The number of hydrogen-bond acceptors (Lipinski definition) is 5. The minimum absolute atomic E-state index is 0.179. The molecule has 5 nitrogen and oxygen atoms in total. The van der Waals surface area contributed by atoms with Crippen LogP contribution in [0.3, 0.4) is 0 Å². The first-order chi connectivity index (χ1) is 10.2. The molecule has 1 fully saturated rings. The Morgan fingerprint density at radius 1 is 1.05 bits per heavy atom. The Balaban J connectivity index is 1.94. The summed E-state index contributed by atoms with van der Waals surface area (Å²) in [7, 11) is -3.29. The lowest BCUT2D eigenvalue weighted by atomic mass is 10.2. The molecule has 2 rings (SSSR count). The summed E-state index contributed by atoms with van der Waals surface area (Å²) >= 11 is 16.0. The molecular weight excluding hydrogens is 359 g/mol. The molecule has 0 aromatic heterocycles. The lowest BCUT2D eigenvalue weighted by molar-refractivity contribution is -0.105. The van der Waals surface area contributed by atoms with Gasteiger partial charge in [-0.05, 0) is 30.5 Å². The average molecular weight is 374 g/mol. The van der Waals surface area contributed by atoms with Crippen LogP contribution in [-0.2, 0) is 22.7 Å². The minimum atomic E-state index is -3.29. The summed E-state index contributed by atoms with van der Waals surface area (Å²) in [6, 6.07) is 7.55. The van der Waals surface area contributed by atoms with Crippen LogP contribution in [0.15, 0.2) is 24.3 Å². The SMILES string of the molecule is ClO[Si](Cc1ccc(OC2CCCCO2)cc1)(OCl)OCl. The molecule has 1 aliphatic rings. The lowest BCUT2D eigenvalue weighted by Gasteiger charge is -2.23. The van der Waals surface area contributed by atoms with Crippen molar-refractivity contribution >= 4 is 44.4 Å². The molecule has 0 bridgehead atoms. The first-order valence-electron chi connectivity index (χ1n) is 6.48. The van der Waals surface area contributed by atoms with Crippen molar-refractivity contribution in [2.24, 2.45) is 0 Å². The summed E-state index contributed by atoms with van der Waals surface area (Å²) in [5, 5.41) is 0. The van der Waals surface area contributed by atoms with Gasteiger partial charge in [0.25, 0.3) is 0 Å². The van der Waals surface area contributed by atoms with Crippen molar-refractivity contribution in [2.75, 3.05) is 6.61 Å². The van der Waals surface area contributed by atoms with E-state index in [1.165, 1.54) is 0 Å². The Kier molecular flexibility index (Phi) is 7.04. The van der Waals surface area contributed by atoms with E-state index in [2.05, 4.69) is 11.9 Å². The van der Waals surface area contributed by atoms with Gasteiger partial charge in [0.2, 0.25) is 0 Å². The molecule has 1 saturated heterocycles. The van der Waals surface area contributed by atoms with Crippen LogP contribution in [-0.4, -0.2) is 21.7 Å². The zero-order chi connectivity index (χ0) is 15.1. The first-order valence-corrected chi connectivity index (χ1v) is 9.33. The van der Waals surface area contributed by atoms with Gasteiger partial charge in [-0.2, -0.15) is 0 Å². The molecule has 0 spiro atoms. The zero-order valence-electron chi connectivity index (χ0n) is 11.1. The summed E-state index contributed by atoms with van der Waals surface area (Å²) in [5.41, 5.74) is 0.848. The summed E-state index contributed by atoms with van der Waals surface area (Å²) < 4.78 is 25.2. The Morgan fingerprint density at radius 2 is 1.71 bits per heavy atom. The molecule has 118 valence electrons. The molecule has 1 aromatic carbocycles. The highest BCUT2D eigenvalue weighted by atomic mass is 35.5. The van der Waals surface area contributed by atoms with E-state index < -0.39 is 8.80 Å². The quantitative estimate of drug-likeness (QED) is 0.673. The van der Waals surface area contributed by atoms with E-state index in [0.29, 0.717) is 0 Å². The van der Waals surface area contributed by atoms with Crippen molar-refractivity contribution in [3.8, 4) is 5.75 Å². The van der Waals surface area contributed by atoms with Crippen LogP contribution in [0.2, 0.25) is 0 Å². The van der Waals surface area contributed by atoms with Crippen molar-refractivity contribution in [1.29, 1.82) is 0 Å². The largest absolute Gasteiger partial charge is 0.555 e. The molecular formula is C12H15Cl3O5Si. The van der Waals surface area contributed by atoms with Crippen LogP contribution in [0.4, 0.5) is 0 Å². The fourth-order valence-corrected chi connectivity index (χ4v) is 4.33. The molecule has 1 heterocycles. The highest BCUT2D eigenvalue weighted by Gasteiger charge is 2.43. The Labute approximate surface area is 139 Å². The van der Waals surface area contributed by atoms with E-state index in [-0.39, 0.29) is 12.3 Å². The molecule has 1 aliphatic heterocycles. The van der Waals surface area contributed by atoms with Gasteiger partial charge in [0.05, 0.1) is 42.2 Å². The summed E-state index contributed by atoms with van der Waals surface area (Å²) in [4.78, 5) is 0. The Hall–Kier alpha value is -0.0531. The molecule has 0 aliphatic carbocycles. The second kappa shape index (κ2) is 8.55. The van der Waals surface area contributed by atoms with E-state index in [9.17, 15) is 0 Å². The Bertz CT molecular complexity index is 415. The number of benzene rings is 1. The molecule has 0 saturated carbocycles. The van der Waals surface area contributed by atoms with Gasteiger partial charge in [0.1, 0.15) is 5.75 Å². The fraction of sp³-hybridized carbons (Fsp3) is 0.500. The number of ether oxygens (including phenoxy) is 2. The third kappa shape index (κ3) is 4.97. The normalized spacial score (nSPS) is 19.5. The van der Waals surface area contributed by atoms with Crippen LogP contribution in [0.5, 0.6) is 5.75 Å². The number of hydrogen-bond donors (Lipinski definition) is 0. The molecule has 0 N–H and O–H groups in total. The lowest BCUT2D eigenvalue weighted by Crippen LogP contribution is -2.41. The molecule has 0 radical (unpaired) electrons. The van der Waals surface area contributed by atoms with Crippen molar-refractivity contribution in [1.82, 2.24) is 0 Å². The molecule has 0 amide bonds. The Morgan fingerprint density at radius 3 is 2.24 bits per heavy atom. The monoisotopic (exact) mass is 372 g/mol. The van der Waals surface area contributed by atoms with Crippen molar-refractivity contribution < 1.29 is 21.4 Å². The van der Waals surface area contributed by atoms with Crippen LogP contribution in [0.1, 0.15) is 24.8 Å². The van der Waals surface area contributed by atoms with Crippen LogP contribution in [0.25, 0.3) is 0 Å². The van der Waals surface area contributed by atoms with Crippen molar-refractivity contribution in [3.05, 3.63) is 29.8 Å².